The number of hydrogen-bond acceptors (Lipinski definition) is 7. The van der Waals surface area contributed by atoms with Gasteiger partial charge < -0.3 is 37.0 Å². The second-order valence-electron chi connectivity index (χ2n) is 8.33. The van der Waals surface area contributed by atoms with E-state index in [2.05, 4.69) is 10.6 Å². The Kier molecular flexibility index (Phi) is 12.5. The molecule has 6 atom stereocenters. The summed E-state index contributed by atoms with van der Waals surface area (Å²) in [5.41, 5.74) is 5.88. The Morgan fingerprint density at radius 3 is 1.75 bits per heavy atom. The second kappa shape index (κ2) is 13.6. The molecule has 0 saturated carbocycles. The van der Waals surface area contributed by atoms with Crippen LogP contribution in [-0.2, 0) is 24.0 Å². The van der Waals surface area contributed by atoms with Crippen LogP contribution in [0, 0.1) is 11.8 Å². The Morgan fingerprint density at radius 2 is 1.34 bits per heavy atom. The number of amides is 3. The number of nitrogens with two attached hydrogens (primary N) is 1. The first-order valence-corrected chi connectivity index (χ1v) is 10.5. The number of hydrogen-bond donors (Lipinski definition) is 7. The Bertz CT molecular complexity index is 683. The minimum Gasteiger partial charge on any atom is -0.481 e. The third-order valence-electron chi connectivity index (χ3n) is 4.91. The lowest BCUT2D eigenvalue weighted by atomic mass is 9.96. The van der Waals surface area contributed by atoms with Crippen molar-refractivity contribution < 1.29 is 39.3 Å². The van der Waals surface area contributed by atoms with Crippen molar-refractivity contribution in [2.24, 2.45) is 17.6 Å². The molecule has 32 heavy (non-hydrogen) atoms. The highest BCUT2D eigenvalue weighted by molar-refractivity contribution is 5.95. The third-order valence-corrected chi connectivity index (χ3v) is 4.91. The van der Waals surface area contributed by atoms with E-state index in [1.165, 1.54) is 6.92 Å². The molecule has 0 aliphatic carbocycles. The van der Waals surface area contributed by atoms with Crippen LogP contribution in [0.1, 0.15) is 53.9 Å². The van der Waals surface area contributed by atoms with E-state index in [0.29, 0.717) is 12.8 Å². The van der Waals surface area contributed by atoms with Crippen molar-refractivity contribution in [1.82, 2.24) is 16.0 Å². The normalized spacial score (nSPS) is 16.8. The molecule has 0 fully saturated rings. The van der Waals surface area contributed by atoms with Gasteiger partial charge in [0.05, 0.1) is 18.6 Å². The second-order valence-corrected chi connectivity index (χ2v) is 8.33. The fraction of sp³-hybridized carbons (Fsp3) is 0.750. The van der Waals surface area contributed by atoms with Gasteiger partial charge in [0.1, 0.15) is 18.1 Å². The molecule has 8 N–H and O–H groups in total. The standard InChI is InChI=1S/C20H36N4O8/c1-6-10(4)15(23-17(28)12(21)7-9(2)3)18(29)24-16(11(5)25)19(30)22-13(20(31)32)8-14(26)27/h9-13,15-16,25H,6-8,21H2,1-5H3,(H,22,30)(H,23,28)(H,24,29)(H,26,27)(H,31,32). The topological polar surface area (TPSA) is 208 Å². The molecule has 0 saturated heterocycles. The highest BCUT2D eigenvalue weighted by atomic mass is 16.4. The summed E-state index contributed by atoms with van der Waals surface area (Å²) >= 11 is 0. The van der Waals surface area contributed by atoms with Gasteiger partial charge >= 0.3 is 11.9 Å². The monoisotopic (exact) mass is 460 g/mol. The van der Waals surface area contributed by atoms with Crippen molar-refractivity contribution in [3.63, 3.8) is 0 Å². The van der Waals surface area contributed by atoms with Crippen molar-refractivity contribution in [1.29, 1.82) is 0 Å². The predicted molar refractivity (Wildman–Crippen MR) is 114 cm³/mol. The zero-order chi connectivity index (χ0) is 25.2. The predicted octanol–water partition coefficient (Wildman–Crippen LogP) is -1.20. The lowest BCUT2D eigenvalue weighted by Crippen LogP contribution is -2.61. The van der Waals surface area contributed by atoms with Gasteiger partial charge in [0.25, 0.3) is 0 Å². The number of carbonyl (C=O) groups is 5. The number of aliphatic hydroxyl groups is 1. The van der Waals surface area contributed by atoms with Gasteiger partial charge in [-0.3, -0.25) is 19.2 Å². The average Bonchev–Trinajstić information content (AvgIpc) is 2.67. The Morgan fingerprint density at radius 1 is 0.844 bits per heavy atom. The Hall–Kier alpha value is -2.73. The molecule has 0 aliphatic rings. The molecule has 0 bridgehead atoms. The van der Waals surface area contributed by atoms with Gasteiger partial charge in [-0.2, -0.15) is 0 Å². The van der Waals surface area contributed by atoms with E-state index in [9.17, 15) is 29.1 Å². The maximum atomic E-state index is 12.9. The third kappa shape index (κ3) is 10.1. The van der Waals surface area contributed by atoms with Gasteiger partial charge in [-0.15, -0.1) is 0 Å². The van der Waals surface area contributed by atoms with Crippen LogP contribution >= 0.6 is 0 Å². The van der Waals surface area contributed by atoms with Crippen LogP contribution in [0.5, 0.6) is 0 Å². The molecule has 12 nitrogen and oxygen atoms in total. The maximum Gasteiger partial charge on any atom is 0.326 e. The largest absolute Gasteiger partial charge is 0.481 e. The molecule has 0 aliphatic heterocycles. The van der Waals surface area contributed by atoms with E-state index in [0.717, 1.165) is 0 Å². The lowest BCUT2D eigenvalue weighted by molar-refractivity contribution is -0.148. The first kappa shape index (κ1) is 29.3. The first-order valence-electron chi connectivity index (χ1n) is 10.5. The molecule has 3 amide bonds. The van der Waals surface area contributed by atoms with E-state index < -0.39 is 66.4 Å². The molecular formula is C20H36N4O8. The van der Waals surface area contributed by atoms with Crippen LogP contribution in [-0.4, -0.2) is 75.3 Å². The molecule has 0 aromatic rings. The Labute approximate surface area is 187 Å². The number of aliphatic hydroxyl groups excluding tert-OH is 1. The fourth-order valence-electron chi connectivity index (χ4n) is 2.86. The lowest BCUT2D eigenvalue weighted by Gasteiger charge is -2.29. The smallest absolute Gasteiger partial charge is 0.326 e. The van der Waals surface area contributed by atoms with E-state index in [1.807, 2.05) is 19.2 Å². The number of carboxylic acids is 2. The molecule has 184 valence electrons. The maximum absolute atomic E-state index is 12.9. The fourth-order valence-corrected chi connectivity index (χ4v) is 2.86. The van der Waals surface area contributed by atoms with Crippen LogP contribution < -0.4 is 21.7 Å². The quantitative estimate of drug-likeness (QED) is 0.166. The molecule has 0 radical (unpaired) electrons. The minimum atomic E-state index is -1.75. The molecule has 0 heterocycles. The van der Waals surface area contributed by atoms with Gasteiger partial charge in [-0.1, -0.05) is 34.1 Å². The van der Waals surface area contributed by atoms with E-state index in [4.69, 9.17) is 15.9 Å². The van der Waals surface area contributed by atoms with Crippen molar-refractivity contribution in [3.8, 4) is 0 Å². The zero-order valence-corrected chi connectivity index (χ0v) is 19.1. The van der Waals surface area contributed by atoms with Crippen LogP contribution in [0.25, 0.3) is 0 Å². The summed E-state index contributed by atoms with van der Waals surface area (Å²) in [5.74, 6) is -5.61. The average molecular weight is 461 g/mol. The summed E-state index contributed by atoms with van der Waals surface area (Å²) in [6.45, 7) is 8.50. The van der Waals surface area contributed by atoms with Crippen LogP contribution in [0.15, 0.2) is 0 Å². The van der Waals surface area contributed by atoms with Crippen molar-refractivity contribution in [3.05, 3.63) is 0 Å². The van der Waals surface area contributed by atoms with Gasteiger partial charge in [0.2, 0.25) is 17.7 Å². The SMILES string of the molecule is CCC(C)C(NC(=O)C(N)CC(C)C)C(=O)NC(C(=O)NC(CC(=O)O)C(=O)O)C(C)O. The summed E-state index contributed by atoms with van der Waals surface area (Å²) in [7, 11) is 0. The summed E-state index contributed by atoms with van der Waals surface area (Å²) in [6, 6.07) is -5.23. The van der Waals surface area contributed by atoms with E-state index in [-0.39, 0.29) is 11.8 Å². The van der Waals surface area contributed by atoms with Gasteiger partial charge in [0, 0.05) is 0 Å². The van der Waals surface area contributed by atoms with Crippen molar-refractivity contribution >= 4 is 29.7 Å². The van der Waals surface area contributed by atoms with Crippen molar-refractivity contribution in [2.75, 3.05) is 0 Å². The Balaban J connectivity index is 5.49. The van der Waals surface area contributed by atoms with Gasteiger partial charge in [-0.05, 0) is 25.2 Å². The molecule has 0 aromatic carbocycles. The molecule has 0 aromatic heterocycles. The summed E-state index contributed by atoms with van der Waals surface area (Å²) in [6.07, 6.45) is -1.42. The van der Waals surface area contributed by atoms with E-state index >= 15 is 0 Å². The number of rotatable bonds is 14. The van der Waals surface area contributed by atoms with Crippen LogP contribution in [0.4, 0.5) is 0 Å². The molecule has 0 spiro atoms. The van der Waals surface area contributed by atoms with E-state index in [1.54, 1.807) is 13.8 Å². The van der Waals surface area contributed by atoms with Gasteiger partial charge in [-0.25, -0.2) is 4.79 Å². The van der Waals surface area contributed by atoms with Crippen LogP contribution in [0.2, 0.25) is 0 Å². The summed E-state index contributed by atoms with van der Waals surface area (Å²) in [4.78, 5) is 59.8. The highest BCUT2D eigenvalue weighted by Gasteiger charge is 2.34. The molecule has 0 rings (SSSR count). The number of nitrogens with one attached hydrogen (secondary N) is 3. The number of carbonyl (C=O) groups excluding carboxylic acids is 3. The van der Waals surface area contributed by atoms with Gasteiger partial charge in [0.15, 0.2) is 0 Å². The number of carboxylic acid groups (broad SMARTS) is 2. The van der Waals surface area contributed by atoms with Crippen molar-refractivity contribution in [2.45, 2.75) is 84.2 Å². The summed E-state index contributed by atoms with van der Waals surface area (Å²) < 4.78 is 0. The summed E-state index contributed by atoms with van der Waals surface area (Å²) in [5, 5.41) is 34.7. The zero-order valence-electron chi connectivity index (χ0n) is 19.1. The molecule has 6 unspecified atom stereocenters. The first-order chi connectivity index (χ1) is 14.7. The molecular weight excluding hydrogens is 424 g/mol. The van der Waals surface area contributed by atoms with Crippen LogP contribution in [0.3, 0.4) is 0 Å². The number of aliphatic carboxylic acids is 2. The highest BCUT2D eigenvalue weighted by Crippen LogP contribution is 2.11. The molecule has 12 heteroatoms. The minimum absolute atomic E-state index is 0.155.